The zero-order chi connectivity index (χ0) is 15.1. The van der Waals surface area contributed by atoms with E-state index in [4.69, 9.17) is 5.26 Å². The van der Waals surface area contributed by atoms with Crippen LogP contribution in [0.25, 0.3) is 11.0 Å². The first kappa shape index (κ1) is 12.8. The molecule has 0 N–H and O–H groups in total. The number of para-hydroxylation sites is 2. The van der Waals surface area contributed by atoms with Crippen molar-refractivity contribution in [3.63, 3.8) is 0 Å². The van der Waals surface area contributed by atoms with Gasteiger partial charge in [0.05, 0.1) is 17.1 Å². The Balaban J connectivity index is 1.63. The van der Waals surface area contributed by atoms with Gasteiger partial charge in [0.1, 0.15) is 11.9 Å². The molecular weight excluding hydrogens is 276 g/mol. The Hall–Kier alpha value is -2.94. The fraction of sp³-hybridized carbons (Fsp3) is 0.250. The molecule has 6 heteroatoms. The number of aryl methyl sites for hydroxylation is 1. The molecule has 0 unspecified atom stereocenters. The maximum absolute atomic E-state index is 9.13. The van der Waals surface area contributed by atoms with Gasteiger partial charge >= 0.3 is 0 Å². The van der Waals surface area contributed by atoms with Crippen LogP contribution in [-0.4, -0.2) is 32.6 Å². The lowest BCUT2D eigenvalue weighted by Gasteiger charge is -2.41. The maximum atomic E-state index is 9.13. The van der Waals surface area contributed by atoms with E-state index >= 15 is 0 Å². The minimum absolute atomic E-state index is 0.348. The zero-order valence-corrected chi connectivity index (χ0v) is 12.1. The van der Waals surface area contributed by atoms with Crippen LogP contribution in [0.2, 0.25) is 0 Å². The van der Waals surface area contributed by atoms with Crippen molar-refractivity contribution in [2.45, 2.75) is 13.0 Å². The van der Waals surface area contributed by atoms with Gasteiger partial charge in [-0.15, -0.1) is 0 Å². The SMILES string of the molecule is Cc1nc2ccccc2n1C1CN(c2nccnc2C#N)C1. The summed E-state index contributed by atoms with van der Waals surface area (Å²) in [6.45, 7) is 3.66. The van der Waals surface area contributed by atoms with Crippen molar-refractivity contribution in [3.8, 4) is 6.07 Å². The van der Waals surface area contributed by atoms with Gasteiger partial charge in [-0.3, -0.25) is 0 Å². The number of rotatable bonds is 2. The van der Waals surface area contributed by atoms with Crippen LogP contribution in [0.3, 0.4) is 0 Å². The van der Waals surface area contributed by atoms with E-state index in [1.54, 1.807) is 12.4 Å². The van der Waals surface area contributed by atoms with Gasteiger partial charge in [-0.1, -0.05) is 12.1 Å². The summed E-state index contributed by atoms with van der Waals surface area (Å²) in [7, 11) is 0. The molecule has 0 saturated carbocycles. The zero-order valence-electron chi connectivity index (χ0n) is 12.1. The van der Waals surface area contributed by atoms with Gasteiger partial charge in [0, 0.05) is 25.5 Å². The summed E-state index contributed by atoms with van der Waals surface area (Å²) in [5, 5.41) is 9.13. The summed E-state index contributed by atoms with van der Waals surface area (Å²) in [6, 6.07) is 10.6. The number of anilines is 1. The fourth-order valence-electron chi connectivity index (χ4n) is 3.06. The molecule has 0 radical (unpaired) electrons. The van der Waals surface area contributed by atoms with E-state index in [1.807, 2.05) is 25.1 Å². The summed E-state index contributed by atoms with van der Waals surface area (Å²) in [4.78, 5) is 15.1. The highest BCUT2D eigenvalue weighted by molar-refractivity contribution is 5.76. The average molecular weight is 290 g/mol. The lowest BCUT2D eigenvalue weighted by molar-refractivity contribution is 0.398. The van der Waals surface area contributed by atoms with Gasteiger partial charge in [-0.25, -0.2) is 15.0 Å². The molecule has 108 valence electrons. The molecule has 0 bridgehead atoms. The van der Waals surface area contributed by atoms with E-state index in [1.165, 1.54) is 0 Å². The highest BCUT2D eigenvalue weighted by Crippen LogP contribution is 2.31. The van der Waals surface area contributed by atoms with E-state index < -0.39 is 0 Å². The topological polar surface area (TPSA) is 70.6 Å². The van der Waals surface area contributed by atoms with Gasteiger partial charge in [-0.05, 0) is 19.1 Å². The van der Waals surface area contributed by atoms with Crippen molar-refractivity contribution >= 4 is 16.9 Å². The van der Waals surface area contributed by atoms with E-state index in [2.05, 4.69) is 36.6 Å². The molecule has 1 saturated heterocycles. The van der Waals surface area contributed by atoms with E-state index in [-0.39, 0.29) is 0 Å². The molecule has 1 aromatic carbocycles. The molecule has 0 amide bonds. The fourth-order valence-corrected chi connectivity index (χ4v) is 3.06. The van der Waals surface area contributed by atoms with Crippen LogP contribution in [0, 0.1) is 18.3 Å². The molecule has 2 aromatic heterocycles. The molecular formula is C16H14N6. The minimum Gasteiger partial charge on any atom is -0.350 e. The molecule has 22 heavy (non-hydrogen) atoms. The number of aromatic nitrogens is 4. The van der Waals surface area contributed by atoms with Crippen LogP contribution < -0.4 is 4.90 Å². The molecule has 1 aliphatic heterocycles. The van der Waals surface area contributed by atoms with Crippen molar-refractivity contribution in [3.05, 3.63) is 48.2 Å². The summed E-state index contributed by atoms with van der Waals surface area (Å²) in [5.74, 6) is 1.69. The number of nitrogens with zero attached hydrogens (tertiary/aromatic N) is 6. The second-order valence-electron chi connectivity index (χ2n) is 5.42. The number of hydrogen-bond donors (Lipinski definition) is 0. The van der Waals surface area contributed by atoms with Gasteiger partial charge in [-0.2, -0.15) is 5.26 Å². The Kier molecular flexibility index (Phi) is 2.79. The lowest BCUT2D eigenvalue weighted by atomic mass is 10.1. The smallest absolute Gasteiger partial charge is 0.183 e. The number of imidazole rings is 1. The number of benzene rings is 1. The summed E-state index contributed by atoms with van der Waals surface area (Å²) in [6.07, 6.45) is 3.17. The van der Waals surface area contributed by atoms with Gasteiger partial charge in [0.25, 0.3) is 0 Å². The molecule has 0 aliphatic carbocycles. The van der Waals surface area contributed by atoms with Gasteiger partial charge in [0.15, 0.2) is 11.5 Å². The third kappa shape index (κ3) is 1.83. The van der Waals surface area contributed by atoms with Crippen LogP contribution in [-0.2, 0) is 0 Å². The number of hydrogen-bond acceptors (Lipinski definition) is 5. The van der Waals surface area contributed by atoms with Crippen LogP contribution in [0.1, 0.15) is 17.6 Å². The predicted molar refractivity (Wildman–Crippen MR) is 82.5 cm³/mol. The highest BCUT2D eigenvalue weighted by Gasteiger charge is 2.32. The second-order valence-corrected chi connectivity index (χ2v) is 5.42. The van der Waals surface area contributed by atoms with Crippen molar-refractivity contribution in [2.75, 3.05) is 18.0 Å². The molecule has 4 rings (SSSR count). The largest absolute Gasteiger partial charge is 0.350 e. The monoisotopic (exact) mass is 290 g/mol. The Labute approximate surface area is 127 Å². The van der Waals surface area contributed by atoms with Gasteiger partial charge in [0.2, 0.25) is 0 Å². The van der Waals surface area contributed by atoms with E-state index in [0.29, 0.717) is 17.6 Å². The molecule has 3 heterocycles. The van der Waals surface area contributed by atoms with Crippen LogP contribution in [0.5, 0.6) is 0 Å². The molecule has 0 spiro atoms. The first-order valence-electron chi connectivity index (χ1n) is 7.17. The van der Waals surface area contributed by atoms with Crippen molar-refractivity contribution in [2.24, 2.45) is 0 Å². The van der Waals surface area contributed by atoms with Crippen molar-refractivity contribution in [1.29, 1.82) is 5.26 Å². The molecule has 1 aliphatic rings. The first-order chi connectivity index (χ1) is 10.8. The highest BCUT2D eigenvalue weighted by atomic mass is 15.3. The molecule has 0 atom stereocenters. The number of fused-ring (bicyclic) bond motifs is 1. The van der Waals surface area contributed by atoms with E-state index in [0.717, 1.165) is 29.9 Å². The summed E-state index contributed by atoms with van der Waals surface area (Å²) in [5.41, 5.74) is 2.56. The average Bonchev–Trinajstić information content (AvgIpc) is 2.83. The quantitative estimate of drug-likeness (QED) is 0.722. The Morgan fingerprint density at radius 2 is 1.95 bits per heavy atom. The number of nitriles is 1. The molecule has 1 fully saturated rings. The summed E-state index contributed by atoms with van der Waals surface area (Å²) >= 11 is 0. The Morgan fingerprint density at radius 3 is 2.77 bits per heavy atom. The van der Waals surface area contributed by atoms with E-state index in [9.17, 15) is 0 Å². The second kappa shape index (κ2) is 4.81. The first-order valence-corrected chi connectivity index (χ1v) is 7.17. The third-order valence-electron chi connectivity index (χ3n) is 4.08. The van der Waals surface area contributed by atoms with Crippen molar-refractivity contribution in [1.82, 2.24) is 19.5 Å². The molecule has 6 nitrogen and oxygen atoms in total. The van der Waals surface area contributed by atoms with Crippen LogP contribution >= 0.6 is 0 Å². The standard InChI is InChI=1S/C16H14N6/c1-11-20-13-4-2-3-5-15(13)22(11)12-9-21(10-12)16-14(8-17)18-6-7-19-16/h2-7,12H,9-10H2,1H3. The maximum Gasteiger partial charge on any atom is 0.183 e. The van der Waals surface area contributed by atoms with Gasteiger partial charge < -0.3 is 9.47 Å². The minimum atomic E-state index is 0.348. The van der Waals surface area contributed by atoms with Crippen LogP contribution in [0.4, 0.5) is 5.82 Å². The Morgan fingerprint density at radius 1 is 1.18 bits per heavy atom. The predicted octanol–water partition coefficient (Wildman–Crippen LogP) is 2.07. The van der Waals surface area contributed by atoms with Crippen LogP contribution in [0.15, 0.2) is 36.7 Å². The normalized spacial score (nSPS) is 14.8. The molecule has 3 aromatic rings. The summed E-state index contributed by atoms with van der Waals surface area (Å²) < 4.78 is 2.27. The Bertz CT molecular complexity index is 885. The third-order valence-corrected chi connectivity index (χ3v) is 4.08. The van der Waals surface area contributed by atoms with Crippen molar-refractivity contribution < 1.29 is 0 Å². The lowest BCUT2D eigenvalue weighted by Crippen LogP contribution is -2.48.